The maximum Gasteiger partial charge on any atom is 0.122 e. The summed E-state index contributed by atoms with van der Waals surface area (Å²) in [5, 5.41) is 0. The Morgan fingerprint density at radius 3 is 2.36 bits per heavy atom. The first-order valence-corrected chi connectivity index (χ1v) is 3.63. The third-order valence-corrected chi connectivity index (χ3v) is 1.63. The highest BCUT2D eigenvalue weighted by molar-refractivity contribution is 4.95. The van der Waals surface area contributed by atoms with Crippen LogP contribution in [0.3, 0.4) is 0 Å². The Balaban J connectivity index is 4.01. The molecule has 3 nitrogen and oxygen atoms in total. The van der Waals surface area contributed by atoms with Gasteiger partial charge in [0, 0.05) is 13.5 Å². The van der Waals surface area contributed by atoms with Crippen LogP contribution in [0.4, 0.5) is 0 Å². The Bertz CT molecular complexity index is 141. The Hall–Kier alpha value is -0.540. The van der Waals surface area contributed by atoms with E-state index in [4.69, 9.17) is 10.6 Å². The zero-order valence-electron chi connectivity index (χ0n) is 7.68. The van der Waals surface area contributed by atoms with Gasteiger partial charge in [0.25, 0.3) is 0 Å². The molecule has 0 aromatic carbocycles. The molecular weight excluding hydrogens is 142 g/mol. The molecule has 3 heteroatoms. The smallest absolute Gasteiger partial charge is 0.122 e. The van der Waals surface area contributed by atoms with Crippen molar-refractivity contribution in [2.24, 2.45) is 5.90 Å². The predicted octanol–water partition coefficient (Wildman–Crippen LogP) is 1.60. The molecule has 0 aromatic heterocycles. The van der Waals surface area contributed by atoms with Crippen LogP contribution in [-0.4, -0.2) is 12.7 Å². The molecule has 0 saturated carbocycles. The van der Waals surface area contributed by atoms with E-state index >= 15 is 0 Å². The molecule has 0 bridgehead atoms. The molecule has 11 heavy (non-hydrogen) atoms. The van der Waals surface area contributed by atoms with E-state index in [9.17, 15) is 0 Å². The summed E-state index contributed by atoms with van der Waals surface area (Å²) in [5.41, 5.74) is -0.207. The zero-order valence-corrected chi connectivity index (χ0v) is 7.68. The van der Waals surface area contributed by atoms with E-state index in [2.05, 4.69) is 4.84 Å². The normalized spacial score (nSPS) is 13.4. The van der Waals surface area contributed by atoms with Crippen molar-refractivity contribution < 1.29 is 9.57 Å². The monoisotopic (exact) mass is 159 g/mol. The minimum atomic E-state index is -0.207. The van der Waals surface area contributed by atoms with Gasteiger partial charge in [-0.3, -0.25) is 0 Å². The number of rotatable bonds is 4. The second kappa shape index (κ2) is 4.36. The van der Waals surface area contributed by atoms with E-state index in [0.29, 0.717) is 6.42 Å². The van der Waals surface area contributed by atoms with Gasteiger partial charge in [0.05, 0.1) is 5.60 Å². The number of methoxy groups -OCH3 is 1. The molecular formula is C8H17NO2. The first kappa shape index (κ1) is 10.5. The first-order chi connectivity index (χ1) is 5.05. The van der Waals surface area contributed by atoms with Gasteiger partial charge >= 0.3 is 0 Å². The van der Waals surface area contributed by atoms with Crippen LogP contribution in [-0.2, 0) is 9.57 Å². The molecule has 0 aliphatic carbocycles. The molecule has 0 aromatic rings. The standard InChI is InChI=1S/C8H17NO2/c1-5-7(11-9)6-8(2,3)10-4/h5H,6,9H2,1-4H3/b7-5-. The molecule has 0 saturated heterocycles. The third kappa shape index (κ3) is 4.01. The lowest BCUT2D eigenvalue weighted by molar-refractivity contribution is 0.00913. The number of hydrogen-bond acceptors (Lipinski definition) is 3. The fourth-order valence-electron chi connectivity index (χ4n) is 0.704. The van der Waals surface area contributed by atoms with E-state index in [1.165, 1.54) is 0 Å². The molecule has 0 aliphatic heterocycles. The summed E-state index contributed by atoms with van der Waals surface area (Å²) in [6.45, 7) is 5.85. The molecule has 66 valence electrons. The van der Waals surface area contributed by atoms with Crippen molar-refractivity contribution in [2.45, 2.75) is 32.8 Å². The molecule has 0 heterocycles. The Morgan fingerprint density at radius 1 is 1.55 bits per heavy atom. The number of allylic oxidation sites excluding steroid dienone is 1. The summed E-state index contributed by atoms with van der Waals surface area (Å²) >= 11 is 0. The summed E-state index contributed by atoms with van der Waals surface area (Å²) in [6, 6.07) is 0. The lowest BCUT2D eigenvalue weighted by Gasteiger charge is -2.22. The first-order valence-electron chi connectivity index (χ1n) is 3.63. The second-order valence-electron chi connectivity index (χ2n) is 3.01. The summed E-state index contributed by atoms with van der Waals surface area (Å²) < 4.78 is 5.20. The molecule has 0 amide bonds. The molecule has 0 rings (SSSR count). The number of hydrogen-bond donors (Lipinski definition) is 1. The number of nitrogens with two attached hydrogens (primary N) is 1. The summed E-state index contributed by atoms with van der Waals surface area (Å²) in [7, 11) is 1.67. The summed E-state index contributed by atoms with van der Waals surface area (Å²) in [6.07, 6.45) is 2.53. The van der Waals surface area contributed by atoms with Crippen LogP contribution in [0.2, 0.25) is 0 Å². The minimum absolute atomic E-state index is 0.207. The van der Waals surface area contributed by atoms with Crippen molar-refractivity contribution >= 4 is 0 Å². The maximum atomic E-state index is 5.20. The van der Waals surface area contributed by atoms with Crippen molar-refractivity contribution in [3.05, 3.63) is 11.8 Å². The van der Waals surface area contributed by atoms with Crippen LogP contribution in [0, 0.1) is 0 Å². The Morgan fingerprint density at radius 2 is 2.09 bits per heavy atom. The average molecular weight is 159 g/mol. The molecule has 0 fully saturated rings. The van der Waals surface area contributed by atoms with E-state index in [-0.39, 0.29) is 5.60 Å². The highest BCUT2D eigenvalue weighted by Crippen LogP contribution is 2.18. The SMILES string of the molecule is C/C=C(/CC(C)(C)OC)ON. The largest absolute Gasteiger partial charge is 0.416 e. The van der Waals surface area contributed by atoms with Gasteiger partial charge in [-0.25, -0.2) is 0 Å². The van der Waals surface area contributed by atoms with E-state index in [0.717, 1.165) is 5.76 Å². The van der Waals surface area contributed by atoms with Crippen LogP contribution < -0.4 is 5.90 Å². The van der Waals surface area contributed by atoms with Crippen LogP contribution in [0.15, 0.2) is 11.8 Å². The van der Waals surface area contributed by atoms with Crippen molar-refractivity contribution in [2.75, 3.05) is 7.11 Å². The molecule has 0 unspecified atom stereocenters. The van der Waals surface area contributed by atoms with E-state index in [1.54, 1.807) is 7.11 Å². The number of ether oxygens (including phenoxy) is 1. The second-order valence-corrected chi connectivity index (χ2v) is 3.01. The van der Waals surface area contributed by atoms with Crippen molar-refractivity contribution in [3.63, 3.8) is 0 Å². The van der Waals surface area contributed by atoms with Crippen molar-refractivity contribution in [1.29, 1.82) is 0 Å². The van der Waals surface area contributed by atoms with E-state index < -0.39 is 0 Å². The van der Waals surface area contributed by atoms with Gasteiger partial charge in [0.15, 0.2) is 0 Å². The van der Waals surface area contributed by atoms with Gasteiger partial charge < -0.3 is 9.57 Å². The van der Waals surface area contributed by atoms with Crippen molar-refractivity contribution in [3.8, 4) is 0 Å². The maximum absolute atomic E-state index is 5.20. The molecule has 0 spiro atoms. The van der Waals surface area contributed by atoms with Crippen LogP contribution >= 0.6 is 0 Å². The molecule has 2 N–H and O–H groups in total. The molecule has 0 atom stereocenters. The topological polar surface area (TPSA) is 44.5 Å². The molecule has 0 aliphatic rings. The molecule has 0 radical (unpaired) electrons. The van der Waals surface area contributed by atoms with E-state index in [1.807, 2.05) is 26.8 Å². The lowest BCUT2D eigenvalue weighted by atomic mass is 10.0. The summed E-state index contributed by atoms with van der Waals surface area (Å²) in [5.74, 6) is 5.77. The lowest BCUT2D eigenvalue weighted by Crippen LogP contribution is -2.24. The fraction of sp³-hybridized carbons (Fsp3) is 0.750. The van der Waals surface area contributed by atoms with Crippen LogP contribution in [0.25, 0.3) is 0 Å². The summed E-state index contributed by atoms with van der Waals surface area (Å²) in [4.78, 5) is 4.62. The quantitative estimate of drug-likeness (QED) is 0.500. The van der Waals surface area contributed by atoms with Gasteiger partial charge in [0.1, 0.15) is 5.76 Å². The van der Waals surface area contributed by atoms with Crippen molar-refractivity contribution in [1.82, 2.24) is 0 Å². The zero-order chi connectivity index (χ0) is 8.91. The highest BCUT2D eigenvalue weighted by Gasteiger charge is 2.18. The Labute approximate surface area is 68.1 Å². The van der Waals surface area contributed by atoms with Crippen LogP contribution in [0.1, 0.15) is 27.2 Å². The average Bonchev–Trinajstić information content (AvgIpc) is 2.00. The highest BCUT2D eigenvalue weighted by atomic mass is 16.6. The van der Waals surface area contributed by atoms with Gasteiger partial charge in [-0.05, 0) is 26.8 Å². The van der Waals surface area contributed by atoms with Gasteiger partial charge in [-0.2, -0.15) is 5.90 Å². The van der Waals surface area contributed by atoms with Gasteiger partial charge in [0.2, 0.25) is 0 Å². The fourth-order valence-corrected chi connectivity index (χ4v) is 0.704. The van der Waals surface area contributed by atoms with Crippen LogP contribution in [0.5, 0.6) is 0 Å². The predicted molar refractivity (Wildman–Crippen MR) is 44.7 cm³/mol. The third-order valence-electron chi connectivity index (χ3n) is 1.63. The van der Waals surface area contributed by atoms with Gasteiger partial charge in [-0.1, -0.05) is 0 Å². The Kier molecular flexibility index (Phi) is 4.15. The minimum Gasteiger partial charge on any atom is -0.416 e. The van der Waals surface area contributed by atoms with Gasteiger partial charge in [-0.15, -0.1) is 0 Å².